The molecule has 2 aromatic carbocycles. The largest absolute Gasteiger partial charge is 0.494 e. The molecule has 138 valence electrons. The molecule has 2 aromatic rings. The van der Waals surface area contributed by atoms with E-state index < -0.39 is 0 Å². The molecular weight excluding hydrogens is 396 g/mol. The molecule has 0 aliphatic heterocycles. The topological polar surface area (TPSA) is 67.4 Å². The van der Waals surface area contributed by atoms with Gasteiger partial charge in [0.05, 0.1) is 12.2 Å². The van der Waals surface area contributed by atoms with Gasteiger partial charge in [-0.25, -0.2) is 0 Å². The van der Waals surface area contributed by atoms with Crippen LogP contribution in [-0.2, 0) is 4.79 Å². The summed E-state index contributed by atoms with van der Waals surface area (Å²) in [7, 11) is 0. The molecular formula is C20H23BrN2O3. The number of nitrogens with one attached hydrogen (secondary N) is 2. The minimum absolute atomic E-state index is 0.0485. The molecule has 5 nitrogen and oxygen atoms in total. The third-order valence-electron chi connectivity index (χ3n) is 3.69. The summed E-state index contributed by atoms with van der Waals surface area (Å²) >= 11 is 3.34. The summed E-state index contributed by atoms with van der Waals surface area (Å²) < 4.78 is 6.33. The quantitative estimate of drug-likeness (QED) is 0.612. The number of hydrogen-bond acceptors (Lipinski definition) is 3. The van der Waals surface area contributed by atoms with Gasteiger partial charge in [-0.05, 0) is 53.5 Å². The number of amides is 2. The van der Waals surface area contributed by atoms with Gasteiger partial charge in [-0.1, -0.05) is 29.8 Å². The lowest BCUT2D eigenvalue weighted by molar-refractivity contribution is -0.121. The molecule has 0 saturated heterocycles. The summed E-state index contributed by atoms with van der Waals surface area (Å²) in [6, 6.07) is 15.0. The zero-order valence-corrected chi connectivity index (χ0v) is 16.3. The predicted octanol–water partition coefficient (Wildman–Crippen LogP) is 3.46. The molecule has 0 saturated carbocycles. The second-order valence-electron chi connectivity index (χ2n) is 5.85. The molecule has 2 rings (SSSR count). The highest BCUT2D eigenvalue weighted by atomic mass is 79.9. The van der Waals surface area contributed by atoms with Crippen LogP contribution in [0.5, 0.6) is 5.75 Å². The first-order valence-corrected chi connectivity index (χ1v) is 9.34. The van der Waals surface area contributed by atoms with E-state index >= 15 is 0 Å². The van der Waals surface area contributed by atoms with Gasteiger partial charge in [-0.2, -0.15) is 0 Å². The molecule has 6 heteroatoms. The SMILES string of the molecule is Cc1ccc(OCCCC(=O)NCCNC(=O)c2ccccc2Br)cc1. The Morgan fingerprint density at radius 2 is 1.69 bits per heavy atom. The average Bonchev–Trinajstić information content (AvgIpc) is 2.64. The number of rotatable bonds is 9. The van der Waals surface area contributed by atoms with Gasteiger partial charge in [-0.3, -0.25) is 9.59 Å². The van der Waals surface area contributed by atoms with Crippen molar-refractivity contribution in [1.29, 1.82) is 0 Å². The fourth-order valence-corrected chi connectivity index (χ4v) is 2.73. The lowest BCUT2D eigenvalue weighted by Crippen LogP contribution is -2.34. The van der Waals surface area contributed by atoms with Crippen LogP contribution in [0.25, 0.3) is 0 Å². The van der Waals surface area contributed by atoms with E-state index in [1.165, 1.54) is 5.56 Å². The number of aryl methyl sites for hydroxylation is 1. The van der Waals surface area contributed by atoms with E-state index in [0.29, 0.717) is 38.1 Å². The van der Waals surface area contributed by atoms with E-state index in [0.717, 1.165) is 10.2 Å². The van der Waals surface area contributed by atoms with Crippen LogP contribution in [0.2, 0.25) is 0 Å². The van der Waals surface area contributed by atoms with Gasteiger partial charge in [0.25, 0.3) is 5.91 Å². The van der Waals surface area contributed by atoms with Crippen molar-refractivity contribution in [3.63, 3.8) is 0 Å². The summed E-state index contributed by atoms with van der Waals surface area (Å²) in [4.78, 5) is 23.8. The number of hydrogen-bond donors (Lipinski definition) is 2. The van der Waals surface area contributed by atoms with Crippen molar-refractivity contribution in [3.8, 4) is 5.75 Å². The molecule has 0 aliphatic rings. The van der Waals surface area contributed by atoms with Crippen LogP contribution in [0.1, 0.15) is 28.8 Å². The van der Waals surface area contributed by atoms with Gasteiger partial charge in [0.15, 0.2) is 0 Å². The first kappa shape index (κ1) is 20.0. The number of carbonyl (C=O) groups is 2. The number of halogens is 1. The second kappa shape index (κ2) is 10.6. The van der Waals surface area contributed by atoms with E-state index in [-0.39, 0.29) is 11.8 Å². The number of carbonyl (C=O) groups excluding carboxylic acids is 2. The van der Waals surface area contributed by atoms with E-state index in [9.17, 15) is 9.59 Å². The zero-order valence-electron chi connectivity index (χ0n) is 14.8. The monoisotopic (exact) mass is 418 g/mol. The van der Waals surface area contributed by atoms with Crippen molar-refractivity contribution in [3.05, 3.63) is 64.1 Å². The van der Waals surface area contributed by atoms with E-state index in [4.69, 9.17) is 4.74 Å². The maximum Gasteiger partial charge on any atom is 0.252 e. The van der Waals surface area contributed by atoms with Crippen molar-refractivity contribution in [2.45, 2.75) is 19.8 Å². The van der Waals surface area contributed by atoms with Crippen LogP contribution in [-0.4, -0.2) is 31.5 Å². The fourth-order valence-electron chi connectivity index (χ4n) is 2.26. The summed E-state index contributed by atoms with van der Waals surface area (Å²) in [5.41, 5.74) is 1.76. The Morgan fingerprint density at radius 3 is 2.42 bits per heavy atom. The van der Waals surface area contributed by atoms with Crippen LogP contribution >= 0.6 is 15.9 Å². The van der Waals surface area contributed by atoms with Crippen molar-refractivity contribution in [2.75, 3.05) is 19.7 Å². The average molecular weight is 419 g/mol. The van der Waals surface area contributed by atoms with Crippen molar-refractivity contribution < 1.29 is 14.3 Å². The molecule has 0 heterocycles. The summed E-state index contributed by atoms with van der Waals surface area (Å²) in [6.45, 7) is 3.30. The summed E-state index contributed by atoms with van der Waals surface area (Å²) in [5.74, 6) is 0.594. The number of ether oxygens (including phenoxy) is 1. The first-order chi connectivity index (χ1) is 12.6. The lowest BCUT2D eigenvalue weighted by Gasteiger charge is -2.09. The molecule has 0 spiro atoms. The normalized spacial score (nSPS) is 10.2. The minimum Gasteiger partial charge on any atom is -0.494 e. The Morgan fingerprint density at radius 1 is 1.00 bits per heavy atom. The smallest absolute Gasteiger partial charge is 0.252 e. The first-order valence-electron chi connectivity index (χ1n) is 8.55. The Hall–Kier alpha value is -2.34. The minimum atomic E-state index is -0.168. The van der Waals surface area contributed by atoms with Gasteiger partial charge < -0.3 is 15.4 Å². The molecule has 2 amide bonds. The molecule has 0 atom stereocenters. The van der Waals surface area contributed by atoms with E-state index in [1.807, 2.05) is 43.3 Å². The van der Waals surface area contributed by atoms with Gasteiger partial charge in [-0.15, -0.1) is 0 Å². The molecule has 0 unspecified atom stereocenters. The highest BCUT2D eigenvalue weighted by Crippen LogP contribution is 2.15. The van der Waals surface area contributed by atoms with Gasteiger partial charge in [0.2, 0.25) is 5.91 Å². The molecule has 0 bridgehead atoms. The van der Waals surface area contributed by atoms with Crippen LogP contribution in [0, 0.1) is 6.92 Å². The standard InChI is InChI=1S/C20H23BrN2O3/c1-15-8-10-16(11-9-15)26-14-4-7-19(24)22-12-13-23-20(25)17-5-2-3-6-18(17)21/h2-3,5-6,8-11H,4,7,12-14H2,1H3,(H,22,24)(H,23,25). The van der Waals surface area contributed by atoms with Gasteiger partial charge in [0.1, 0.15) is 5.75 Å². The Bertz CT molecular complexity index is 732. The van der Waals surface area contributed by atoms with Crippen LogP contribution in [0.4, 0.5) is 0 Å². The third-order valence-corrected chi connectivity index (χ3v) is 4.38. The zero-order chi connectivity index (χ0) is 18.8. The maximum atomic E-state index is 12.0. The molecule has 0 fully saturated rings. The second-order valence-corrected chi connectivity index (χ2v) is 6.71. The predicted molar refractivity (Wildman–Crippen MR) is 105 cm³/mol. The fraction of sp³-hybridized carbons (Fsp3) is 0.300. The maximum absolute atomic E-state index is 12.0. The molecule has 0 radical (unpaired) electrons. The van der Waals surface area contributed by atoms with Crippen molar-refractivity contribution >= 4 is 27.7 Å². The Labute approximate surface area is 162 Å². The summed E-state index contributed by atoms with van der Waals surface area (Å²) in [6.07, 6.45) is 1.03. The van der Waals surface area contributed by atoms with E-state index in [1.54, 1.807) is 12.1 Å². The Balaban J connectivity index is 1.55. The summed E-state index contributed by atoms with van der Waals surface area (Å²) in [5, 5.41) is 5.57. The van der Waals surface area contributed by atoms with Crippen LogP contribution < -0.4 is 15.4 Å². The highest BCUT2D eigenvalue weighted by Gasteiger charge is 2.08. The molecule has 2 N–H and O–H groups in total. The van der Waals surface area contributed by atoms with Crippen LogP contribution in [0.3, 0.4) is 0 Å². The van der Waals surface area contributed by atoms with Crippen molar-refractivity contribution in [1.82, 2.24) is 10.6 Å². The Kier molecular flexibility index (Phi) is 8.15. The number of benzene rings is 2. The molecule has 26 heavy (non-hydrogen) atoms. The van der Waals surface area contributed by atoms with Crippen molar-refractivity contribution in [2.24, 2.45) is 0 Å². The third kappa shape index (κ3) is 6.88. The lowest BCUT2D eigenvalue weighted by atomic mass is 10.2. The van der Waals surface area contributed by atoms with Gasteiger partial charge >= 0.3 is 0 Å². The highest BCUT2D eigenvalue weighted by molar-refractivity contribution is 9.10. The van der Waals surface area contributed by atoms with E-state index in [2.05, 4.69) is 26.6 Å². The van der Waals surface area contributed by atoms with Crippen LogP contribution in [0.15, 0.2) is 53.0 Å². The molecule has 0 aromatic heterocycles. The molecule has 0 aliphatic carbocycles. The van der Waals surface area contributed by atoms with Gasteiger partial charge in [0, 0.05) is 24.0 Å².